The molecule has 2 aromatic heterocycles. The quantitative estimate of drug-likeness (QED) is 0.457. The van der Waals surface area contributed by atoms with Crippen molar-refractivity contribution in [1.82, 2.24) is 24.7 Å². The fourth-order valence-electron chi connectivity index (χ4n) is 5.81. The first-order valence-corrected chi connectivity index (χ1v) is 14.5. The second-order valence-electron chi connectivity index (χ2n) is 11.8. The molecule has 3 aliphatic heterocycles. The van der Waals surface area contributed by atoms with Crippen LogP contribution in [-0.2, 0) is 27.2 Å². The molecule has 3 aromatic rings. The second-order valence-corrected chi connectivity index (χ2v) is 12.2. The number of benzene rings is 1. The van der Waals surface area contributed by atoms with E-state index in [1.54, 1.807) is 11.1 Å². The highest BCUT2D eigenvalue weighted by atomic mass is 35.5. The minimum atomic E-state index is -0.625. The summed E-state index contributed by atoms with van der Waals surface area (Å²) in [5.74, 6) is 0. The number of halogens is 1. The molecule has 1 N–H and O–H groups in total. The Morgan fingerprint density at radius 2 is 1.80 bits per heavy atom. The van der Waals surface area contributed by atoms with Crippen LogP contribution in [0.1, 0.15) is 43.5 Å². The van der Waals surface area contributed by atoms with Crippen LogP contribution in [0, 0.1) is 0 Å². The number of aromatic nitrogens is 2. The lowest BCUT2D eigenvalue weighted by molar-refractivity contribution is -0.0334. The Kier molecular flexibility index (Phi) is 7.56. The van der Waals surface area contributed by atoms with E-state index in [0.29, 0.717) is 70.6 Å². The van der Waals surface area contributed by atoms with Crippen molar-refractivity contribution in [1.29, 1.82) is 0 Å². The maximum absolute atomic E-state index is 13.5. The molecule has 1 aromatic carbocycles. The third kappa shape index (κ3) is 5.73. The van der Waals surface area contributed by atoms with Crippen LogP contribution in [0.5, 0.6) is 0 Å². The molecule has 0 radical (unpaired) electrons. The predicted molar refractivity (Wildman–Crippen MR) is 155 cm³/mol. The molecule has 2 saturated heterocycles. The van der Waals surface area contributed by atoms with E-state index in [-0.39, 0.29) is 18.2 Å². The van der Waals surface area contributed by atoms with Gasteiger partial charge >= 0.3 is 12.1 Å². The molecule has 41 heavy (non-hydrogen) atoms. The standard InChI is InChI=1S/C30H36ClN5O5/c1-30(2,3)41-29(38)36-8-11-40-18-26(36)22-13-20(21-14-23-25(31)16-33-27(23)32-15-21)12-19-4-5-35(17-24(19)22)28(37)34-6-9-39-10-7-34/h12-16,26H,4-11,17-18H2,1-3H3,(H,32,33)/t26-/m0/s1. The van der Waals surface area contributed by atoms with Crippen molar-refractivity contribution in [3.63, 3.8) is 0 Å². The number of hydrogen-bond donors (Lipinski definition) is 1. The third-order valence-electron chi connectivity index (χ3n) is 7.86. The first kappa shape index (κ1) is 27.8. The van der Waals surface area contributed by atoms with Crippen LogP contribution in [0.4, 0.5) is 9.59 Å². The third-order valence-corrected chi connectivity index (χ3v) is 8.17. The van der Waals surface area contributed by atoms with Gasteiger partial charge in [-0.2, -0.15) is 0 Å². The normalized spacial score (nSPS) is 19.8. The Labute approximate surface area is 244 Å². The van der Waals surface area contributed by atoms with Crippen molar-refractivity contribution >= 4 is 34.8 Å². The molecule has 1 atom stereocenters. The van der Waals surface area contributed by atoms with Gasteiger partial charge in [-0.05, 0) is 61.6 Å². The number of carbonyl (C=O) groups excluding carboxylic acids is 2. The van der Waals surface area contributed by atoms with Crippen LogP contribution >= 0.6 is 11.6 Å². The number of aromatic amines is 1. The number of H-pyrrole nitrogens is 1. The minimum Gasteiger partial charge on any atom is -0.444 e. The van der Waals surface area contributed by atoms with E-state index in [1.807, 2.05) is 42.8 Å². The molecular weight excluding hydrogens is 546 g/mol. The van der Waals surface area contributed by atoms with Gasteiger partial charge in [-0.3, -0.25) is 4.90 Å². The van der Waals surface area contributed by atoms with Crippen molar-refractivity contribution < 1.29 is 23.8 Å². The highest BCUT2D eigenvalue weighted by Gasteiger charge is 2.36. The molecule has 6 rings (SSSR count). The molecule has 0 unspecified atom stereocenters. The topological polar surface area (TPSA) is 100 Å². The van der Waals surface area contributed by atoms with Gasteiger partial charge in [-0.15, -0.1) is 0 Å². The van der Waals surface area contributed by atoms with Crippen molar-refractivity contribution in [3.8, 4) is 11.1 Å². The number of amides is 3. The van der Waals surface area contributed by atoms with Gasteiger partial charge in [-0.25, -0.2) is 14.6 Å². The Morgan fingerprint density at radius 3 is 2.59 bits per heavy atom. The predicted octanol–water partition coefficient (Wildman–Crippen LogP) is 5.00. The number of carbonyl (C=O) groups is 2. The van der Waals surface area contributed by atoms with Crippen LogP contribution in [-0.4, -0.2) is 95.0 Å². The maximum atomic E-state index is 13.5. The number of nitrogens with zero attached hydrogens (tertiary/aromatic N) is 4. The van der Waals surface area contributed by atoms with Gasteiger partial charge in [-0.1, -0.05) is 17.7 Å². The van der Waals surface area contributed by atoms with Crippen LogP contribution in [0.15, 0.2) is 30.6 Å². The molecule has 0 saturated carbocycles. The van der Waals surface area contributed by atoms with Gasteiger partial charge in [0, 0.05) is 56.1 Å². The zero-order valence-corrected chi connectivity index (χ0v) is 24.5. The van der Waals surface area contributed by atoms with Gasteiger partial charge < -0.3 is 29.0 Å². The lowest BCUT2D eigenvalue weighted by Gasteiger charge is -2.40. The number of hydrogen-bond acceptors (Lipinski definition) is 6. The van der Waals surface area contributed by atoms with E-state index in [0.717, 1.165) is 38.9 Å². The summed E-state index contributed by atoms with van der Waals surface area (Å²) in [7, 11) is 0. The SMILES string of the molecule is CC(C)(C)OC(=O)N1CCOC[C@H]1c1cc(-c2cnc3[nH]cc(Cl)c3c2)cc2c1CN(C(=O)N1CCOCC1)CC2. The number of ether oxygens (including phenoxy) is 3. The van der Waals surface area contributed by atoms with Crippen LogP contribution in [0.3, 0.4) is 0 Å². The van der Waals surface area contributed by atoms with Crippen LogP contribution in [0.2, 0.25) is 5.02 Å². The largest absolute Gasteiger partial charge is 0.444 e. The second kappa shape index (κ2) is 11.2. The van der Waals surface area contributed by atoms with Crippen molar-refractivity contribution in [2.75, 3.05) is 52.6 Å². The van der Waals surface area contributed by atoms with Gasteiger partial charge in [0.1, 0.15) is 11.2 Å². The Balaban J connectivity index is 1.41. The monoisotopic (exact) mass is 581 g/mol. The number of fused-ring (bicyclic) bond motifs is 2. The van der Waals surface area contributed by atoms with E-state index in [4.69, 9.17) is 25.8 Å². The van der Waals surface area contributed by atoms with Crippen molar-refractivity contribution in [2.24, 2.45) is 0 Å². The van der Waals surface area contributed by atoms with E-state index in [9.17, 15) is 9.59 Å². The smallest absolute Gasteiger partial charge is 0.410 e. The number of nitrogens with one attached hydrogen (secondary N) is 1. The first-order chi connectivity index (χ1) is 19.7. The molecule has 3 aliphatic rings. The molecule has 10 nitrogen and oxygen atoms in total. The lowest BCUT2D eigenvalue weighted by Crippen LogP contribution is -2.50. The zero-order valence-electron chi connectivity index (χ0n) is 23.7. The first-order valence-electron chi connectivity index (χ1n) is 14.2. The summed E-state index contributed by atoms with van der Waals surface area (Å²) in [4.78, 5) is 40.1. The Bertz CT molecular complexity index is 1460. The van der Waals surface area contributed by atoms with Crippen LogP contribution < -0.4 is 0 Å². The molecule has 0 aliphatic carbocycles. The van der Waals surface area contributed by atoms with Crippen LogP contribution in [0.25, 0.3) is 22.2 Å². The highest BCUT2D eigenvalue weighted by molar-refractivity contribution is 6.35. The summed E-state index contributed by atoms with van der Waals surface area (Å²) in [6.45, 7) is 10.2. The average Bonchev–Trinajstić information content (AvgIpc) is 3.35. The number of pyridine rings is 1. The summed E-state index contributed by atoms with van der Waals surface area (Å²) < 4.78 is 17.2. The molecular formula is C30H36ClN5O5. The van der Waals surface area contributed by atoms with Crippen molar-refractivity contribution in [3.05, 3.63) is 52.3 Å². The van der Waals surface area contributed by atoms with Gasteiger partial charge in [0.05, 0.1) is 37.5 Å². The van der Waals surface area contributed by atoms with Gasteiger partial charge in [0.2, 0.25) is 0 Å². The highest BCUT2D eigenvalue weighted by Crippen LogP contribution is 2.38. The molecule has 5 heterocycles. The number of urea groups is 1. The number of rotatable bonds is 2. The average molecular weight is 582 g/mol. The fraction of sp³-hybridized carbons (Fsp3) is 0.500. The zero-order chi connectivity index (χ0) is 28.7. The van der Waals surface area contributed by atoms with E-state index >= 15 is 0 Å². The molecule has 0 bridgehead atoms. The summed E-state index contributed by atoms with van der Waals surface area (Å²) >= 11 is 6.42. The van der Waals surface area contributed by atoms with E-state index in [1.165, 1.54) is 0 Å². The number of morpholine rings is 2. The summed E-state index contributed by atoms with van der Waals surface area (Å²) in [5.41, 5.74) is 5.18. The summed E-state index contributed by atoms with van der Waals surface area (Å²) in [6.07, 6.45) is 3.90. The summed E-state index contributed by atoms with van der Waals surface area (Å²) in [5, 5.41) is 1.46. The molecule has 11 heteroatoms. The Hall–Kier alpha value is -3.34. The Morgan fingerprint density at radius 1 is 1.02 bits per heavy atom. The summed E-state index contributed by atoms with van der Waals surface area (Å²) in [6, 6.07) is 5.99. The molecule has 3 amide bonds. The minimum absolute atomic E-state index is 0.0228. The van der Waals surface area contributed by atoms with Gasteiger partial charge in [0.25, 0.3) is 0 Å². The van der Waals surface area contributed by atoms with E-state index < -0.39 is 5.60 Å². The molecule has 2 fully saturated rings. The molecule has 0 spiro atoms. The van der Waals surface area contributed by atoms with E-state index in [2.05, 4.69) is 22.1 Å². The van der Waals surface area contributed by atoms with Gasteiger partial charge in [0.15, 0.2) is 0 Å². The lowest BCUT2D eigenvalue weighted by atomic mass is 9.87. The van der Waals surface area contributed by atoms with Crippen molar-refractivity contribution in [2.45, 2.75) is 45.4 Å². The fourth-order valence-corrected chi connectivity index (χ4v) is 6.01. The molecule has 218 valence electrons. The maximum Gasteiger partial charge on any atom is 0.410 e.